The first-order valence-electron chi connectivity index (χ1n) is 6.21. The van der Waals surface area contributed by atoms with Crippen LogP contribution in [0.4, 0.5) is 5.69 Å². The largest absolute Gasteiger partial charge is 0.396 e. The number of amides is 1. The van der Waals surface area contributed by atoms with Crippen LogP contribution in [0, 0.1) is 0 Å². The number of nitrogen functional groups attached to an aromatic ring is 1. The van der Waals surface area contributed by atoms with Crippen LogP contribution in [0.1, 0.15) is 43.0 Å². The van der Waals surface area contributed by atoms with E-state index >= 15 is 0 Å². The summed E-state index contributed by atoms with van der Waals surface area (Å²) in [5.74, 6) is -0.0560. The van der Waals surface area contributed by atoms with Gasteiger partial charge < -0.3 is 11.1 Å². The molecule has 0 bridgehead atoms. The van der Waals surface area contributed by atoms with Gasteiger partial charge in [0.05, 0.1) is 17.6 Å². The molecule has 1 atom stereocenters. The van der Waals surface area contributed by atoms with E-state index in [2.05, 4.69) is 15.3 Å². The first kappa shape index (κ1) is 16.4. The second-order valence-corrected chi connectivity index (χ2v) is 7.34. The van der Waals surface area contributed by atoms with Gasteiger partial charge in [0.1, 0.15) is 15.7 Å². The van der Waals surface area contributed by atoms with Crippen molar-refractivity contribution in [2.45, 2.75) is 32.7 Å². The molecule has 8 heteroatoms. The van der Waals surface area contributed by atoms with E-state index in [1.165, 1.54) is 6.20 Å². The Morgan fingerprint density at radius 3 is 2.50 bits per heavy atom. The molecule has 20 heavy (non-hydrogen) atoms. The van der Waals surface area contributed by atoms with Crippen LogP contribution in [-0.4, -0.2) is 42.3 Å². The third-order valence-corrected chi connectivity index (χ3v) is 3.60. The van der Waals surface area contributed by atoms with Crippen LogP contribution < -0.4 is 11.1 Å². The number of anilines is 1. The minimum Gasteiger partial charge on any atom is -0.396 e. The van der Waals surface area contributed by atoms with E-state index in [1.807, 2.05) is 13.8 Å². The average molecular weight is 300 g/mol. The molecule has 0 aliphatic rings. The lowest BCUT2D eigenvalue weighted by Crippen LogP contribution is -2.38. The SMILES string of the molecule is CC(CS(C)(=O)=O)NC(=O)c1nc(C(C)C)ncc1N. The molecule has 3 N–H and O–H groups in total. The van der Waals surface area contributed by atoms with Crippen LogP contribution in [0.5, 0.6) is 0 Å². The summed E-state index contributed by atoms with van der Waals surface area (Å²) in [5, 5.41) is 2.57. The number of nitrogens with two attached hydrogens (primary N) is 1. The zero-order valence-corrected chi connectivity index (χ0v) is 12.9. The number of rotatable bonds is 5. The quantitative estimate of drug-likeness (QED) is 0.810. The van der Waals surface area contributed by atoms with Crippen molar-refractivity contribution in [2.75, 3.05) is 17.7 Å². The Bertz CT molecular complexity index is 599. The fourth-order valence-electron chi connectivity index (χ4n) is 1.65. The number of carbonyl (C=O) groups is 1. The second-order valence-electron chi connectivity index (χ2n) is 5.15. The van der Waals surface area contributed by atoms with Crippen LogP contribution >= 0.6 is 0 Å². The number of nitrogens with one attached hydrogen (secondary N) is 1. The molecular weight excluding hydrogens is 280 g/mol. The van der Waals surface area contributed by atoms with Crippen LogP contribution in [0.3, 0.4) is 0 Å². The molecule has 0 aliphatic heterocycles. The molecule has 1 amide bonds. The van der Waals surface area contributed by atoms with Crippen LogP contribution in [0.25, 0.3) is 0 Å². The predicted molar refractivity (Wildman–Crippen MR) is 77.2 cm³/mol. The van der Waals surface area contributed by atoms with Crippen LogP contribution in [0.2, 0.25) is 0 Å². The number of carbonyl (C=O) groups excluding carboxylic acids is 1. The summed E-state index contributed by atoms with van der Waals surface area (Å²) in [6.07, 6.45) is 2.50. The normalized spacial score (nSPS) is 13.2. The van der Waals surface area contributed by atoms with Crippen molar-refractivity contribution in [1.82, 2.24) is 15.3 Å². The lowest BCUT2D eigenvalue weighted by Gasteiger charge is -2.14. The molecule has 1 unspecified atom stereocenters. The Balaban J connectivity index is 2.89. The average Bonchev–Trinajstić information content (AvgIpc) is 2.26. The summed E-state index contributed by atoms with van der Waals surface area (Å²) in [5.41, 5.74) is 5.93. The van der Waals surface area contributed by atoms with Gasteiger partial charge in [-0.25, -0.2) is 18.4 Å². The highest BCUT2D eigenvalue weighted by Gasteiger charge is 2.18. The Labute approximate surface area is 118 Å². The summed E-state index contributed by atoms with van der Waals surface area (Å²) in [6.45, 7) is 5.42. The van der Waals surface area contributed by atoms with Crippen molar-refractivity contribution < 1.29 is 13.2 Å². The van der Waals surface area contributed by atoms with Gasteiger partial charge in [0.25, 0.3) is 5.91 Å². The molecule has 0 spiro atoms. The van der Waals surface area contributed by atoms with Gasteiger partial charge in [-0.15, -0.1) is 0 Å². The number of sulfone groups is 1. The number of nitrogens with zero attached hydrogens (tertiary/aromatic N) is 2. The van der Waals surface area contributed by atoms with Gasteiger partial charge in [-0.1, -0.05) is 13.8 Å². The molecule has 1 aromatic heterocycles. The molecule has 1 rings (SSSR count). The molecule has 1 aromatic rings. The maximum Gasteiger partial charge on any atom is 0.272 e. The highest BCUT2D eigenvalue weighted by atomic mass is 32.2. The maximum absolute atomic E-state index is 12.1. The van der Waals surface area contributed by atoms with E-state index < -0.39 is 21.8 Å². The second kappa shape index (κ2) is 6.17. The van der Waals surface area contributed by atoms with Crippen molar-refractivity contribution in [2.24, 2.45) is 0 Å². The van der Waals surface area contributed by atoms with Crippen molar-refractivity contribution in [3.05, 3.63) is 17.7 Å². The van der Waals surface area contributed by atoms with Gasteiger partial charge in [0.2, 0.25) is 0 Å². The van der Waals surface area contributed by atoms with Crippen LogP contribution in [0.15, 0.2) is 6.20 Å². The topological polar surface area (TPSA) is 115 Å². The molecular formula is C12H20N4O3S. The van der Waals surface area contributed by atoms with Gasteiger partial charge in [-0.2, -0.15) is 0 Å². The third kappa shape index (κ3) is 4.76. The van der Waals surface area contributed by atoms with Gasteiger partial charge in [0.15, 0.2) is 5.69 Å². The number of hydrogen-bond donors (Lipinski definition) is 2. The molecule has 0 aromatic carbocycles. The standard InChI is InChI=1S/C12H20N4O3S/c1-7(2)11-14-5-9(13)10(16-11)12(17)15-8(3)6-20(4,18)19/h5,7-8H,6,13H2,1-4H3,(H,15,17). The first-order valence-corrected chi connectivity index (χ1v) is 8.27. The third-order valence-electron chi connectivity index (χ3n) is 2.50. The minimum absolute atomic E-state index is 0.0654. The predicted octanol–water partition coefficient (Wildman–Crippen LogP) is 0.345. The molecule has 1 heterocycles. The van der Waals surface area contributed by atoms with E-state index in [-0.39, 0.29) is 23.1 Å². The van der Waals surface area contributed by atoms with Crippen molar-refractivity contribution >= 4 is 21.4 Å². The lowest BCUT2D eigenvalue weighted by molar-refractivity contribution is 0.0939. The molecule has 0 radical (unpaired) electrons. The van der Waals surface area contributed by atoms with Gasteiger partial charge in [-0.05, 0) is 6.92 Å². The summed E-state index contributed by atoms with van der Waals surface area (Å²) in [4.78, 5) is 20.2. The number of aromatic nitrogens is 2. The van der Waals surface area contributed by atoms with E-state index in [9.17, 15) is 13.2 Å². The van der Waals surface area contributed by atoms with Gasteiger partial charge >= 0.3 is 0 Å². The van der Waals surface area contributed by atoms with Crippen molar-refractivity contribution in [3.63, 3.8) is 0 Å². The fourth-order valence-corrected chi connectivity index (χ4v) is 2.64. The van der Waals surface area contributed by atoms with E-state index in [0.29, 0.717) is 5.82 Å². The molecule has 0 aliphatic carbocycles. The zero-order valence-electron chi connectivity index (χ0n) is 12.0. The summed E-state index contributed by atoms with van der Waals surface area (Å²) in [6, 6.07) is -0.519. The Hall–Kier alpha value is -1.70. The molecule has 0 saturated heterocycles. The summed E-state index contributed by atoms with van der Waals surface area (Å²) in [7, 11) is -3.16. The lowest BCUT2D eigenvalue weighted by atomic mass is 10.2. The maximum atomic E-state index is 12.1. The highest BCUT2D eigenvalue weighted by Crippen LogP contribution is 2.13. The Morgan fingerprint density at radius 2 is 2.00 bits per heavy atom. The molecule has 0 fully saturated rings. The van der Waals surface area contributed by atoms with Crippen molar-refractivity contribution in [1.29, 1.82) is 0 Å². The summed E-state index contributed by atoms with van der Waals surface area (Å²) < 4.78 is 22.3. The smallest absolute Gasteiger partial charge is 0.272 e. The zero-order chi connectivity index (χ0) is 15.5. The fraction of sp³-hybridized carbons (Fsp3) is 0.583. The van der Waals surface area contributed by atoms with E-state index in [0.717, 1.165) is 6.26 Å². The van der Waals surface area contributed by atoms with Crippen LogP contribution in [-0.2, 0) is 9.84 Å². The van der Waals surface area contributed by atoms with E-state index in [4.69, 9.17) is 5.73 Å². The molecule has 7 nitrogen and oxygen atoms in total. The minimum atomic E-state index is -3.16. The first-order chi connectivity index (χ1) is 9.10. The monoisotopic (exact) mass is 300 g/mol. The van der Waals surface area contributed by atoms with Crippen molar-refractivity contribution in [3.8, 4) is 0 Å². The van der Waals surface area contributed by atoms with Gasteiger partial charge in [0, 0.05) is 18.2 Å². The Kier molecular flexibility index (Phi) is 5.04. The highest BCUT2D eigenvalue weighted by molar-refractivity contribution is 7.90. The molecule has 0 saturated carbocycles. The molecule has 112 valence electrons. The summed E-state index contributed by atoms with van der Waals surface area (Å²) >= 11 is 0. The Morgan fingerprint density at radius 1 is 1.40 bits per heavy atom. The number of hydrogen-bond acceptors (Lipinski definition) is 6. The van der Waals surface area contributed by atoms with Gasteiger partial charge in [-0.3, -0.25) is 4.79 Å². The van der Waals surface area contributed by atoms with E-state index in [1.54, 1.807) is 6.92 Å².